The van der Waals surface area contributed by atoms with Gasteiger partial charge in [0, 0.05) is 47.4 Å². The van der Waals surface area contributed by atoms with Crippen LogP contribution < -0.4 is 9.65 Å². The molecule has 0 fully saturated rings. The maximum absolute atomic E-state index is 13.3. The first-order valence-corrected chi connectivity index (χ1v) is 23.1. The van der Waals surface area contributed by atoms with Gasteiger partial charge in [-0.1, -0.05) is 179 Å². The number of rotatable bonds is 8. The van der Waals surface area contributed by atoms with E-state index in [1.165, 1.54) is 24.3 Å². The monoisotopic (exact) mass is 1060 g/mol. The van der Waals surface area contributed by atoms with Crippen LogP contribution in [0.2, 0.25) is 0 Å². The van der Waals surface area contributed by atoms with Crippen LogP contribution in [0.4, 0.5) is 13.2 Å². The van der Waals surface area contributed by atoms with Gasteiger partial charge in [-0.2, -0.15) is 21.6 Å². The van der Waals surface area contributed by atoms with E-state index in [2.05, 4.69) is 48.2 Å². The first-order valence-electron chi connectivity index (χ1n) is 20.1. The van der Waals surface area contributed by atoms with E-state index >= 15 is 0 Å². The van der Waals surface area contributed by atoms with Crippen LogP contribution in [0.15, 0.2) is 200 Å². The summed E-state index contributed by atoms with van der Waals surface area (Å²) < 4.78 is 79.2. The van der Waals surface area contributed by atoms with Gasteiger partial charge in [-0.15, -0.1) is 0 Å². The molecule has 342 valence electrons. The summed E-state index contributed by atoms with van der Waals surface area (Å²) in [5, 5.41) is 19.4. The van der Waals surface area contributed by atoms with Crippen molar-refractivity contribution in [2.45, 2.75) is 12.9 Å². The van der Waals surface area contributed by atoms with Crippen molar-refractivity contribution in [3.8, 4) is 16.9 Å². The number of carbonyl (C=O) groups is 2. The van der Waals surface area contributed by atoms with Crippen LogP contribution in [-0.4, -0.2) is 42.7 Å². The number of furan rings is 2. The lowest BCUT2D eigenvalue weighted by molar-refractivity contribution is -0.0499. The third kappa shape index (κ3) is 10.1. The molecule has 0 amide bonds. The van der Waals surface area contributed by atoms with Crippen molar-refractivity contribution in [1.82, 2.24) is 0 Å². The lowest BCUT2D eigenvalue weighted by Crippen LogP contribution is -2.30. The summed E-state index contributed by atoms with van der Waals surface area (Å²) in [6.45, 7) is 0. The number of alkyl halides is 3. The molecule has 0 aliphatic heterocycles. The number of fused-ring (bicyclic) bond motifs is 6. The Hall–Kier alpha value is -6.82. The smallest absolute Gasteiger partial charge is 0.456 e. The molecule has 2 N–H and O–H groups in total. The topological polar surface area (TPSA) is 144 Å². The van der Waals surface area contributed by atoms with Gasteiger partial charge in [-0.3, -0.25) is 9.59 Å². The van der Waals surface area contributed by atoms with Gasteiger partial charge in [0.1, 0.15) is 22.3 Å². The Morgan fingerprint density at radius 1 is 0.500 bits per heavy atom. The average molecular weight is 1060 g/mol. The second-order valence-electron chi connectivity index (χ2n) is 14.6. The minimum atomic E-state index is -5.90. The quantitative estimate of drug-likeness (QED) is 0.0658. The second kappa shape index (κ2) is 20.6. The number of hydrogen-bond acceptors (Lipinski definition) is 9. The SMILES string of the molecule is C.O=C(c1ccccc1)c1cccc2oc3cccc(-c4ccccc4Br)c3c12.O=C(c1ccccc1)c1cccc2oc3cccc(OS(=O)(=O)C(F)(F)F)c3c12.OB(O)c1ccccc1Br. The fourth-order valence-corrected chi connectivity index (χ4v) is 8.85. The zero-order valence-electron chi connectivity index (χ0n) is 34.4. The second-order valence-corrected chi connectivity index (χ2v) is 17.9. The van der Waals surface area contributed by atoms with Gasteiger partial charge in [-0.05, 0) is 59.1 Å². The number of carbonyl (C=O) groups excluding carboxylic acids is 2. The minimum absolute atomic E-state index is 0. The molecule has 16 heteroatoms. The van der Waals surface area contributed by atoms with E-state index in [4.69, 9.17) is 18.9 Å². The van der Waals surface area contributed by atoms with Gasteiger partial charge in [-0.25, -0.2) is 0 Å². The average Bonchev–Trinajstić information content (AvgIpc) is 3.92. The van der Waals surface area contributed by atoms with E-state index in [1.807, 2.05) is 84.9 Å². The van der Waals surface area contributed by atoms with Crippen molar-refractivity contribution in [3.05, 3.63) is 213 Å². The highest BCUT2D eigenvalue weighted by atomic mass is 79.9. The first kappa shape index (κ1) is 49.1. The Morgan fingerprint density at radius 3 is 1.40 bits per heavy atom. The standard InChI is InChI=1S/C25H15BrO2.C20H11F3O5S.C6H6BBrO2.CH4/c26-20-13-5-4-10-17(20)18-11-6-14-21-23(18)24-19(12-7-15-22(24)28-21)25(27)16-8-2-1-3-9-16;21-20(22,23)29(25,26)28-16-11-5-10-15-18(16)17-13(8-4-9-14(17)27-15)19(24)12-6-2-1-3-7-12;8-6-4-2-1-3-5(6)7(9)10;/h1-15H;1-11H;1-4,9-10H;1H4. The van der Waals surface area contributed by atoms with Crippen molar-refractivity contribution >= 4 is 110 Å². The number of hydrogen-bond donors (Lipinski definition) is 2. The van der Waals surface area contributed by atoms with Crippen LogP contribution in [0.25, 0.3) is 55.0 Å². The summed E-state index contributed by atoms with van der Waals surface area (Å²) in [6.07, 6.45) is 0. The van der Waals surface area contributed by atoms with Crippen LogP contribution in [0.5, 0.6) is 5.75 Å². The molecule has 0 radical (unpaired) electrons. The summed E-state index contributed by atoms with van der Waals surface area (Å²) >= 11 is 6.83. The molecule has 2 heterocycles. The van der Waals surface area contributed by atoms with Crippen molar-refractivity contribution in [2.75, 3.05) is 0 Å². The van der Waals surface area contributed by atoms with Crippen molar-refractivity contribution in [3.63, 3.8) is 0 Å². The van der Waals surface area contributed by atoms with Gasteiger partial charge in [0.25, 0.3) is 0 Å². The van der Waals surface area contributed by atoms with E-state index in [0.29, 0.717) is 26.6 Å². The van der Waals surface area contributed by atoms with E-state index < -0.39 is 34.3 Å². The van der Waals surface area contributed by atoms with Crippen LogP contribution >= 0.6 is 31.9 Å². The summed E-state index contributed by atoms with van der Waals surface area (Å²) in [7, 11) is -7.29. The molecule has 9 nitrogen and oxygen atoms in total. The Balaban J connectivity index is 0.000000166. The Kier molecular flexibility index (Phi) is 14.9. The van der Waals surface area contributed by atoms with Gasteiger partial charge in [0.2, 0.25) is 0 Å². The number of halogens is 5. The molecule has 0 bridgehead atoms. The van der Waals surface area contributed by atoms with Gasteiger partial charge >= 0.3 is 22.7 Å². The van der Waals surface area contributed by atoms with Crippen molar-refractivity contribution in [1.29, 1.82) is 0 Å². The summed E-state index contributed by atoms with van der Waals surface area (Å²) in [4.78, 5) is 26.2. The molecule has 0 aliphatic rings. The fourth-order valence-electron chi connectivity index (χ4n) is 7.39. The minimum Gasteiger partial charge on any atom is -0.456 e. The highest BCUT2D eigenvalue weighted by Gasteiger charge is 2.49. The molecule has 8 aromatic carbocycles. The molecule has 10 rings (SSSR count). The van der Waals surface area contributed by atoms with Crippen LogP contribution in [-0.2, 0) is 10.1 Å². The van der Waals surface area contributed by atoms with E-state index in [9.17, 15) is 31.2 Å². The Morgan fingerprint density at radius 2 is 0.912 bits per heavy atom. The highest BCUT2D eigenvalue weighted by Crippen LogP contribution is 2.42. The molecular formula is C52H36BBr2F3O9S. The molecule has 0 spiro atoms. The molecule has 0 atom stereocenters. The zero-order chi connectivity index (χ0) is 47.5. The Bertz CT molecular complexity index is 3560. The number of benzene rings is 8. The molecule has 0 aliphatic carbocycles. The van der Waals surface area contributed by atoms with Crippen LogP contribution in [0.3, 0.4) is 0 Å². The molecule has 2 aromatic heterocycles. The predicted octanol–water partition coefficient (Wildman–Crippen LogP) is 13.1. The maximum Gasteiger partial charge on any atom is 0.534 e. The zero-order valence-corrected chi connectivity index (χ0v) is 38.4. The highest BCUT2D eigenvalue weighted by molar-refractivity contribution is 9.11. The van der Waals surface area contributed by atoms with Crippen LogP contribution in [0, 0.1) is 0 Å². The summed E-state index contributed by atoms with van der Waals surface area (Å²) in [6, 6.07) is 52.8. The summed E-state index contributed by atoms with van der Waals surface area (Å²) in [5.74, 6) is -0.977. The molecule has 0 unspecified atom stereocenters. The van der Waals surface area contributed by atoms with E-state index in [1.54, 1.807) is 54.6 Å². The van der Waals surface area contributed by atoms with Crippen molar-refractivity contribution in [2.24, 2.45) is 0 Å². The van der Waals surface area contributed by atoms with Gasteiger partial charge < -0.3 is 23.1 Å². The largest absolute Gasteiger partial charge is 0.534 e. The fraction of sp³-hybridized carbons (Fsp3) is 0.0385. The molecule has 0 saturated heterocycles. The van der Waals surface area contributed by atoms with Crippen LogP contribution in [0.1, 0.15) is 39.3 Å². The number of ketones is 2. The lowest BCUT2D eigenvalue weighted by atomic mass is 9.80. The first-order chi connectivity index (χ1) is 32.1. The molecule has 10 aromatic rings. The normalized spacial score (nSPS) is 11.3. The molecule has 68 heavy (non-hydrogen) atoms. The predicted molar refractivity (Wildman–Crippen MR) is 267 cm³/mol. The van der Waals surface area contributed by atoms with E-state index in [0.717, 1.165) is 43.6 Å². The van der Waals surface area contributed by atoms with Gasteiger partial charge in [0.15, 0.2) is 17.3 Å². The summed E-state index contributed by atoms with van der Waals surface area (Å²) in [5.41, 5.74) is 0.612. The van der Waals surface area contributed by atoms with Crippen molar-refractivity contribution < 1.29 is 54.2 Å². The Labute approximate surface area is 404 Å². The van der Waals surface area contributed by atoms with Gasteiger partial charge in [0.05, 0.1) is 5.39 Å². The third-order valence-corrected chi connectivity index (χ3v) is 12.8. The molecular weight excluding hydrogens is 1030 g/mol. The third-order valence-electron chi connectivity index (χ3n) is 10.4. The maximum atomic E-state index is 13.3. The molecule has 0 saturated carbocycles. The van der Waals surface area contributed by atoms with E-state index in [-0.39, 0.29) is 40.7 Å². The lowest BCUT2D eigenvalue weighted by Gasteiger charge is -2.10.